The first-order valence-electron chi connectivity index (χ1n) is 9.81. The summed E-state index contributed by atoms with van der Waals surface area (Å²) in [6.07, 6.45) is 5.11. The maximum Gasteiger partial charge on any atom is 0.292 e. The van der Waals surface area contributed by atoms with Crippen LogP contribution in [0.1, 0.15) is 21.6 Å². The number of benzene rings is 3. The summed E-state index contributed by atoms with van der Waals surface area (Å²) < 4.78 is 1.31. The van der Waals surface area contributed by atoms with Gasteiger partial charge in [-0.15, -0.1) is 0 Å². The molecule has 1 aromatic heterocycles. The van der Waals surface area contributed by atoms with Gasteiger partial charge in [0, 0.05) is 11.6 Å². The Morgan fingerprint density at radius 1 is 0.903 bits per heavy atom. The number of rotatable bonds is 6. The zero-order valence-corrected chi connectivity index (χ0v) is 16.7. The summed E-state index contributed by atoms with van der Waals surface area (Å²) in [5.74, 6) is -0.484. The van der Waals surface area contributed by atoms with Gasteiger partial charge in [0.2, 0.25) is 0 Å². The number of fused-ring (bicyclic) bond motifs is 1. The molecule has 0 aliphatic heterocycles. The summed E-state index contributed by atoms with van der Waals surface area (Å²) >= 11 is 0. The summed E-state index contributed by atoms with van der Waals surface area (Å²) in [4.78, 5) is 25.7. The van der Waals surface area contributed by atoms with Crippen LogP contribution in [0.4, 0.5) is 0 Å². The molecule has 4 rings (SSSR count). The SMILES string of the molecule is O=C(N/N=C\C=C\c1ccccc1)c1nn(Cc2ccccc2)c(=O)c2ccccc12. The quantitative estimate of drug-likeness (QED) is 0.389. The molecular weight excluding hydrogens is 388 g/mol. The van der Waals surface area contributed by atoms with E-state index in [0.29, 0.717) is 10.8 Å². The molecular formula is C25H20N4O2. The first-order valence-corrected chi connectivity index (χ1v) is 9.81. The Balaban J connectivity index is 1.59. The Morgan fingerprint density at radius 2 is 1.55 bits per heavy atom. The summed E-state index contributed by atoms with van der Waals surface area (Å²) in [6.45, 7) is 0.272. The lowest BCUT2D eigenvalue weighted by Crippen LogP contribution is -2.29. The number of carbonyl (C=O) groups excluding carboxylic acids is 1. The molecule has 31 heavy (non-hydrogen) atoms. The van der Waals surface area contributed by atoms with Gasteiger partial charge < -0.3 is 0 Å². The molecule has 1 amide bonds. The summed E-state index contributed by atoms with van der Waals surface area (Å²) in [5, 5.41) is 9.24. The van der Waals surface area contributed by atoms with E-state index in [1.807, 2.05) is 66.7 Å². The first kappa shape index (κ1) is 20.0. The van der Waals surface area contributed by atoms with Gasteiger partial charge in [-0.05, 0) is 23.3 Å². The highest BCUT2D eigenvalue weighted by molar-refractivity contribution is 6.04. The van der Waals surface area contributed by atoms with Crippen molar-refractivity contribution >= 4 is 29.0 Å². The fraction of sp³-hybridized carbons (Fsp3) is 0.0400. The van der Waals surface area contributed by atoms with Crippen LogP contribution in [-0.2, 0) is 6.54 Å². The summed E-state index contributed by atoms with van der Waals surface area (Å²) in [7, 11) is 0. The van der Waals surface area contributed by atoms with Crippen LogP contribution in [0.15, 0.2) is 101 Å². The van der Waals surface area contributed by atoms with E-state index in [-0.39, 0.29) is 17.8 Å². The van der Waals surface area contributed by atoms with E-state index in [1.165, 1.54) is 10.9 Å². The van der Waals surface area contributed by atoms with Crippen molar-refractivity contribution in [2.45, 2.75) is 6.54 Å². The molecule has 0 unspecified atom stereocenters. The van der Waals surface area contributed by atoms with Crippen LogP contribution in [0.3, 0.4) is 0 Å². The second-order valence-corrected chi connectivity index (χ2v) is 6.83. The van der Waals surface area contributed by atoms with Crippen molar-refractivity contribution < 1.29 is 4.79 Å². The van der Waals surface area contributed by atoms with E-state index < -0.39 is 5.91 Å². The number of hydrogen-bond acceptors (Lipinski definition) is 4. The normalized spacial score (nSPS) is 11.4. The maximum absolute atomic E-state index is 12.9. The van der Waals surface area contributed by atoms with Crippen molar-refractivity contribution in [3.8, 4) is 0 Å². The van der Waals surface area contributed by atoms with Crippen molar-refractivity contribution in [2.24, 2.45) is 5.10 Å². The third kappa shape index (κ3) is 4.82. The number of hydrazone groups is 1. The van der Waals surface area contributed by atoms with Gasteiger partial charge in [-0.25, -0.2) is 10.1 Å². The predicted molar refractivity (Wildman–Crippen MR) is 123 cm³/mol. The predicted octanol–water partition coefficient (Wildman–Crippen LogP) is 3.87. The van der Waals surface area contributed by atoms with Gasteiger partial charge in [0.1, 0.15) is 0 Å². The number of nitrogens with one attached hydrogen (secondary N) is 1. The standard InChI is InChI=1S/C25H20N4O2/c30-24(27-26-17-9-14-19-10-3-1-4-11-19)23-21-15-7-8-16-22(21)25(31)29(28-23)18-20-12-5-2-6-13-20/h1-17H,18H2,(H,27,30)/b14-9+,26-17-. The molecule has 0 bridgehead atoms. The molecule has 1 heterocycles. The van der Waals surface area contributed by atoms with E-state index in [1.54, 1.807) is 30.3 Å². The van der Waals surface area contributed by atoms with Crippen LogP contribution in [0.2, 0.25) is 0 Å². The molecule has 0 atom stereocenters. The third-order valence-electron chi connectivity index (χ3n) is 4.67. The Morgan fingerprint density at radius 3 is 2.29 bits per heavy atom. The first-order chi connectivity index (χ1) is 15.2. The molecule has 0 aliphatic carbocycles. The van der Waals surface area contributed by atoms with Crippen molar-refractivity contribution in [3.05, 3.63) is 118 Å². The van der Waals surface area contributed by atoms with E-state index in [9.17, 15) is 9.59 Å². The van der Waals surface area contributed by atoms with Crippen LogP contribution in [-0.4, -0.2) is 21.9 Å². The second kappa shape index (κ2) is 9.45. The molecule has 0 fully saturated rings. The molecule has 0 aliphatic rings. The highest BCUT2D eigenvalue weighted by Crippen LogP contribution is 2.14. The van der Waals surface area contributed by atoms with E-state index in [2.05, 4.69) is 15.6 Å². The van der Waals surface area contributed by atoms with E-state index >= 15 is 0 Å². The van der Waals surface area contributed by atoms with Gasteiger partial charge in [0.25, 0.3) is 11.5 Å². The van der Waals surface area contributed by atoms with Crippen LogP contribution in [0, 0.1) is 0 Å². The number of allylic oxidation sites excluding steroid dienone is 1. The zero-order valence-electron chi connectivity index (χ0n) is 16.7. The Hall–Kier alpha value is -4.32. The summed E-state index contributed by atoms with van der Waals surface area (Å²) in [5.41, 5.74) is 4.34. The molecule has 0 saturated heterocycles. The zero-order chi connectivity index (χ0) is 21.5. The van der Waals surface area contributed by atoms with Crippen LogP contribution in [0.25, 0.3) is 16.8 Å². The molecule has 152 valence electrons. The minimum atomic E-state index is -0.484. The summed E-state index contributed by atoms with van der Waals surface area (Å²) in [6, 6.07) is 26.2. The largest absolute Gasteiger partial charge is 0.292 e. The Bertz CT molecular complexity index is 1310. The van der Waals surface area contributed by atoms with Gasteiger partial charge in [-0.3, -0.25) is 9.59 Å². The fourth-order valence-electron chi connectivity index (χ4n) is 3.18. The van der Waals surface area contributed by atoms with Gasteiger partial charge in [-0.2, -0.15) is 10.2 Å². The highest BCUT2D eigenvalue weighted by atomic mass is 16.2. The van der Waals surface area contributed by atoms with Crippen LogP contribution < -0.4 is 11.0 Å². The Labute approximate surface area is 179 Å². The van der Waals surface area contributed by atoms with Gasteiger partial charge in [-0.1, -0.05) is 84.9 Å². The van der Waals surface area contributed by atoms with Crippen molar-refractivity contribution in [3.63, 3.8) is 0 Å². The van der Waals surface area contributed by atoms with Gasteiger partial charge in [0.15, 0.2) is 5.69 Å². The average Bonchev–Trinajstić information content (AvgIpc) is 2.82. The number of carbonyl (C=O) groups is 1. The molecule has 6 nitrogen and oxygen atoms in total. The Kier molecular flexibility index (Phi) is 6.09. The van der Waals surface area contributed by atoms with Gasteiger partial charge in [0.05, 0.1) is 11.9 Å². The van der Waals surface area contributed by atoms with Crippen molar-refractivity contribution in [1.29, 1.82) is 0 Å². The average molecular weight is 408 g/mol. The lowest BCUT2D eigenvalue weighted by molar-refractivity contribution is 0.0949. The minimum Gasteiger partial charge on any atom is -0.267 e. The minimum absolute atomic E-state index is 0.148. The van der Waals surface area contributed by atoms with E-state index in [4.69, 9.17) is 0 Å². The topological polar surface area (TPSA) is 76.3 Å². The maximum atomic E-state index is 12.9. The lowest BCUT2D eigenvalue weighted by Gasteiger charge is -2.10. The molecule has 0 saturated carbocycles. The molecule has 4 aromatic rings. The molecule has 1 N–H and O–H groups in total. The number of amides is 1. The second-order valence-electron chi connectivity index (χ2n) is 6.83. The molecule has 0 radical (unpaired) electrons. The molecule has 6 heteroatoms. The number of nitrogens with zero attached hydrogens (tertiary/aromatic N) is 3. The smallest absolute Gasteiger partial charge is 0.267 e. The van der Waals surface area contributed by atoms with Crippen molar-refractivity contribution in [2.75, 3.05) is 0 Å². The lowest BCUT2D eigenvalue weighted by atomic mass is 10.1. The number of hydrogen-bond donors (Lipinski definition) is 1. The highest BCUT2D eigenvalue weighted by Gasteiger charge is 2.16. The van der Waals surface area contributed by atoms with Gasteiger partial charge >= 0.3 is 0 Å². The molecule has 3 aromatic carbocycles. The fourth-order valence-corrected chi connectivity index (χ4v) is 3.18. The van der Waals surface area contributed by atoms with Crippen LogP contribution in [0.5, 0.6) is 0 Å². The number of aromatic nitrogens is 2. The monoisotopic (exact) mass is 408 g/mol. The third-order valence-corrected chi connectivity index (χ3v) is 4.67. The molecule has 0 spiro atoms. The van der Waals surface area contributed by atoms with E-state index in [0.717, 1.165) is 11.1 Å². The van der Waals surface area contributed by atoms with Crippen LogP contribution >= 0.6 is 0 Å². The van der Waals surface area contributed by atoms with Crippen molar-refractivity contribution in [1.82, 2.24) is 15.2 Å².